The molecule has 182 valence electrons. The number of aryl methyl sites for hydroxylation is 2. The predicted molar refractivity (Wildman–Crippen MR) is 141 cm³/mol. The Kier molecular flexibility index (Phi) is 6.22. The molecule has 0 fully saturated rings. The number of rotatable bonds is 7. The van der Waals surface area contributed by atoms with Gasteiger partial charge in [-0.05, 0) is 37.6 Å². The molecule has 0 amide bonds. The monoisotopic (exact) mass is 519 g/mol. The van der Waals surface area contributed by atoms with Gasteiger partial charge in [-0.25, -0.2) is 9.78 Å². The number of thiazole rings is 1. The number of nitrogens with one attached hydrogen (secondary N) is 1. The van der Waals surface area contributed by atoms with Crippen molar-refractivity contribution in [2.75, 3.05) is 12.2 Å². The number of carbonyl (C=O) groups is 1. The van der Waals surface area contributed by atoms with Crippen molar-refractivity contribution in [2.24, 2.45) is 0 Å². The second kappa shape index (κ2) is 9.35. The van der Waals surface area contributed by atoms with E-state index in [9.17, 15) is 14.5 Å². The zero-order valence-electron chi connectivity index (χ0n) is 19.7. The molecule has 0 saturated heterocycles. The molecule has 0 saturated carbocycles. The van der Waals surface area contributed by atoms with Crippen LogP contribution in [0.15, 0.2) is 71.3 Å². The summed E-state index contributed by atoms with van der Waals surface area (Å²) in [6.07, 6.45) is 1.71. The highest BCUT2D eigenvalue weighted by atomic mass is 32.1. The van der Waals surface area contributed by atoms with Crippen molar-refractivity contribution in [3.8, 4) is 21.9 Å². The molecule has 0 aliphatic rings. The maximum atomic E-state index is 13.7. The van der Waals surface area contributed by atoms with E-state index in [1.165, 1.54) is 7.11 Å². The Morgan fingerprint density at radius 3 is 2.50 bits per heavy atom. The largest absolute Gasteiger partial charge is 0.477 e. The Bertz CT molecular complexity index is 1610. The van der Waals surface area contributed by atoms with E-state index in [2.05, 4.69) is 15.1 Å². The van der Waals surface area contributed by atoms with Crippen molar-refractivity contribution in [3.63, 3.8) is 0 Å². The minimum Gasteiger partial charge on any atom is -0.477 e. The van der Waals surface area contributed by atoms with Crippen LogP contribution in [0, 0.1) is 13.8 Å². The summed E-state index contributed by atoms with van der Waals surface area (Å²) in [6, 6.07) is 18.4. The highest BCUT2D eigenvalue weighted by Crippen LogP contribution is 2.47. The molecule has 8 nitrogen and oxygen atoms in total. The lowest BCUT2D eigenvalue weighted by Gasteiger charge is -2.20. The normalized spacial score (nSPS) is 13.0. The van der Waals surface area contributed by atoms with E-state index >= 15 is 0 Å². The average molecular weight is 520 g/mol. The Hall–Kier alpha value is -3.78. The van der Waals surface area contributed by atoms with E-state index in [1.54, 1.807) is 12.3 Å². The Morgan fingerprint density at radius 2 is 1.83 bits per heavy atom. The maximum absolute atomic E-state index is 13.7. The van der Waals surface area contributed by atoms with Gasteiger partial charge >= 0.3 is 13.5 Å². The van der Waals surface area contributed by atoms with Crippen LogP contribution in [0.3, 0.4) is 0 Å². The highest BCUT2D eigenvalue weighted by Gasteiger charge is 2.31. The first-order valence-corrected chi connectivity index (χ1v) is 13.4. The zero-order chi connectivity index (χ0) is 25.4. The minimum atomic E-state index is -3.63. The number of hydrogen-bond donors (Lipinski definition) is 2. The Balaban J connectivity index is 1.48. The number of anilines is 1. The molecule has 2 N–H and O–H groups in total. The van der Waals surface area contributed by atoms with Gasteiger partial charge in [0.25, 0.3) is 0 Å². The van der Waals surface area contributed by atoms with Gasteiger partial charge in [-0.3, -0.25) is 14.6 Å². The topological polar surface area (TPSA) is 115 Å². The standard InChI is InChI=1S/C26H22N3O5PS/c1-15-6-11-22(16(2)13-15)35(32,33-3)29-24-23(26(30)31)36-25(28-24)18-9-7-17(8-10-18)21-14-19-20(34-21)5-4-12-27-19/h4-14H,1-3H3,(H,29,32)(H,30,31). The summed E-state index contributed by atoms with van der Waals surface area (Å²) >= 11 is 0.996. The third-order valence-corrected chi connectivity index (χ3v) is 8.95. The number of fused-ring (bicyclic) bond motifs is 1. The summed E-state index contributed by atoms with van der Waals surface area (Å²) in [4.78, 5) is 20.7. The highest BCUT2D eigenvalue weighted by molar-refractivity contribution is 7.68. The van der Waals surface area contributed by atoms with Gasteiger partial charge in [0.15, 0.2) is 16.3 Å². The number of aromatic nitrogens is 2. The zero-order valence-corrected chi connectivity index (χ0v) is 21.4. The second-order valence-corrected chi connectivity index (χ2v) is 11.4. The third-order valence-electron chi connectivity index (χ3n) is 5.70. The van der Waals surface area contributed by atoms with Crippen LogP contribution < -0.4 is 10.4 Å². The molecule has 5 aromatic rings. The van der Waals surface area contributed by atoms with E-state index in [1.807, 2.05) is 68.4 Å². The minimum absolute atomic E-state index is 0.0000865. The number of carboxylic acid groups (broad SMARTS) is 1. The van der Waals surface area contributed by atoms with Crippen molar-refractivity contribution in [1.29, 1.82) is 0 Å². The van der Waals surface area contributed by atoms with E-state index in [-0.39, 0.29) is 10.7 Å². The number of carboxylic acids is 1. The van der Waals surface area contributed by atoms with Gasteiger partial charge in [-0.2, -0.15) is 0 Å². The number of benzene rings is 2. The van der Waals surface area contributed by atoms with Gasteiger partial charge in [0.05, 0.1) is 5.30 Å². The summed E-state index contributed by atoms with van der Waals surface area (Å²) in [7, 11) is -2.30. The van der Waals surface area contributed by atoms with Crippen LogP contribution in [0.4, 0.5) is 5.82 Å². The van der Waals surface area contributed by atoms with E-state index in [4.69, 9.17) is 8.94 Å². The first-order chi connectivity index (χ1) is 17.3. The lowest BCUT2D eigenvalue weighted by Crippen LogP contribution is -2.17. The molecule has 5 rings (SSSR count). The predicted octanol–water partition coefficient (Wildman–Crippen LogP) is 6.51. The van der Waals surface area contributed by atoms with Gasteiger partial charge in [-0.15, -0.1) is 11.3 Å². The number of furan rings is 1. The average Bonchev–Trinajstić information content (AvgIpc) is 3.48. The second-order valence-electron chi connectivity index (χ2n) is 8.21. The van der Waals surface area contributed by atoms with Crippen molar-refractivity contribution < 1.29 is 23.4 Å². The van der Waals surface area contributed by atoms with E-state index in [0.717, 1.165) is 33.5 Å². The Morgan fingerprint density at radius 1 is 1.08 bits per heavy atom. The van der Waals surface area contributed by atoms with Crippen molar-refractivity contribution in [2.45, 2.75) is 13.8 Å². The van der Waals surface area contributed by atoms with Crippen molar-refractivity contribution >= 4 is 47.0 Å². The molecular formula is C26H22N3O5PS. The number of aromatic carboxylic acids is 1. The smallest absolute Gasteiger partial charge is 0.349 e. The van der Waals surface area contributed by atoms with Gasteiger partial charge in [0.2, 0.25) is 0 Å². The van der Waals surface area contributed by atoms with Gasteiger partial charge in [0, 0.05) is 30.5 Å². The Labute approximate surface area is 211 Å². The first-order valence-electron chi connectivity index (χ1n) is 11.0. The summed E-state index contributed by atoms with van der Waals surface area (Å²) < 4.78 is 25.0. The molecular weight excluding hydrogens is 497 g/mol. The number of pyridine rings is 1. The fraction of sp³-hybridized carbons (Fsp3) is 0.115. The quantitative estimate of drug-likeness (QED) is 0.234. The summed E-state index contributed by atoms with van der Waals surface area (Å²) in [6.45, 7) is 3.77. The van der Waals surface area contributed by atoms with Crippen LogP contribution in [0.25, 0.3) is 33.0 Å². The van der Waals surface area contributed by atoms with Gasteiger partial charge in [-0.1, -0.05) is 42.0 Å². The molecule has 1 atom stereocenters. The molecule has 0 radical (unpaired) electrons. The van der Waals surface area contributed by atoms with Gasteiger partial charge in [0.1, 0.15) is 16.3 Å². The van der Waals surface area contributed by atoms with E-state index < -0.39 is 13.5 Å². The fourth-order valence-corrected chi connectivity index (χ4v) is 6.52. The molecule has 0 aliphatic carbocycles. The van der Waals surface area contributed by atoms with Crippen molar-refractivity contribution in [1.82, 2.24) is 9.97 Å². The van der Waals surface area contributed by atoms with E-state index in [0.29, 0.717) is 27.2 Å². The lowest BCUT2D eigenvalue weighted by atomic mass is 10.1. The lowest BCUT2D eigenvalue weighted by molar-refractivity contribution is 0.0703. The van der Waals surface area contributed by atoms with Gasteiger partial charge < -0.3 is 14.0 Å². The van der Waals surface area contributed by atoms with Crippen LogP contribution >= 0.6 is 18.9 Å². The molecule has 3 aromatic heterocycles. The van der Waals surface area contributed by atoms with Crippen LogP contribution in [-0.4, -0.2) is 28.2 Å². The van der Waals surface area contributed by atoms with Crippen LogP contribution in [-0.2, 0) is 9.09 Å². The van der Waals surface area contributed by atoms with Crippen LogP contribution in [0.2, 0.25) is 0 Å². The number of hydrogen-bond acceptors (Lipinski definition) is 7. The molecule has 0 aliphatic heterocycles. The molecule has 3 heterocycles. The number of nitrogens with zero attached hydrogens (tertiary/aromatic N) is 2. The fourth-order valence-electron chi connectivity index (χ4n) is 3.93. The first kappa shape index (κ1) is 23.9. The molecule has 2 aromatic carbocycles. The summed E-state index contributed by atoms with van der Waals surface area (Å²) in [5.41, 5.74) is 4.82. The molecule has 0 bridgehead atoms. The molecule has 0 spiro atoms. The molecule has 10 heteroatoms. The van der Waals surface area contributed by atoms with Crippen molar-refractivity contribution in [3.05, 3.63) is 82.9 Å². The third kappa shape index (κ3) is 4.44. The summed E-state index contributed by atoms with van der Waals surface area (Å²) in [5, 5.41) is 13.5. The maximum Gasteiger partial charge on any atom is 0.349 e. The van der Waals surface area contributed by atoms with Crippen LogP contribution in [0.5, 0.6) is 0 Å². The van der Waals surface area contributed by atoms with Crippen LogP contribution in [0.1, 0.15) is 20.8 Å². The molecule has 1 unspecified atom stereocenters. The molecule has 36 heavy (non-hydrogen) atoms. The summed E-state index contributed by atoms with van der Waals surface area (Å²) in [5.74, 6) is -0.492. The SMILES string of the molecule is COP(=O)(Nc1nc(-c2ccc(-c3cc4ncccc4o3)cc2)sc1C(=O)O)c1ccc(C)cc1C.